The lowest BCUT2D eigenvalue weighted by atomic mass is 10.00. The molecule has 1 atom stereocenters. The van der Waals surface area contributed by atoms with Gasteiger partial charge in [-0.15, -0.1) is 0 Å². The second kappa shape index (κ2) is 11.3. The van der Waals surface area contributed by atoms with Crippen LogP contribution in [0.25, 0.3) is 10.8 Å². The van der Waals surface area contributed by atoms with Crippen molar-refractivity contribution in [2.75, 3.05) is 10.6 Å². The third kappa shape index (κ3) is 5.20. The second-order valence-corrected chi connectivity index (χ2v) is 9.78. The molecule has 0 spiro atoms. The number of aromatic hydroxyl groups is 1. The number of carbonyl (C=O) groups is 3. The Labute approximate surface area is 233 Å². The van der Waals surface area contributed by atoms with E-state index < -0.39 is 23.8 Å². The van der Waals surface area contributed by atoms with Gasteiger partial charge in [-0.2, -0.15) is 4.37 Å². The number of nitrogens with two attached hydrogens (primary N) is 2. The maximum absolute atomic E-state index is 14.3. The Balaban J connectivity index is 1.69. The van der Waals surface area contributed by atoms with Crippen molar-refractivity contribution in [3.8, 4) is 5.75 Å². The van der Waals surface area contributed by atoms with Gasteiger partial charge in [0.25, 0.3) is 11.8 Å². The SMILES string of the molecule is NC(=O)c1nsc(C(=O)N(c2cccc3ccccc23)C(C(=O)NCc2ccccc2)c2ccc(O)cc2)c1N. The van der Waals surface area contributed by atoms with Crippen LogP contribution in [-0.2, 0) is 11.3 Å². The minimum Gasteiger partial charge on any atom is -0.508 e. The highest BCUT2D eigenvalue weighted by atomic mass is 32.1. The van der Waals surface area contributed by atoms with Crippen molar-refractivity contribution in [2.45, 2.75) is 12.6 Å². The van der Waals surface area contributed by atoms with Gasteiger partial charge in [0.1, 0.15) is 16.7 Å². The molecule has 0 aliphatic carbocycles. The summed E-state index contributed by atoms with van der Waals surface area (Å²) in [4.78, 5) is 41.5. The van der Waals surface area contributed by atoms with Crippen LogP contribution in [-0.4, -0.2) is 27.2 Å². The van der Waals surface area contributed by atoms with Crippen molar-refractivity contribution in [3.63, 3.8) is 0 Å². The summed E-state index contributed by atoms with van der Waals surface area (Å²) in [5.41, 5.74) is 13.0. The number of aromatic nitrogens is 1. The van der Waals surface area contributed by atoms with E-state index in [1.165, 1.54) is 17.0 Å². The van der Waals surface area contributed by atoms with E-state index in [0.717, 1.165) is 27.9 Å². The number of hydrogen-bond acceptors (Lipinski definition) is 7. The topological polar surface area (TPSA) is 152 Å². The number of phenols is 1. The van der Waals surface area contributed by atoms with Crippen LogP contribution in [0.2, 0.25) is 0 Å². The molecular weight excluding hydrogens is 526 g/mol. The Bertz CT molecular complexity index is 1700. The molecule has 1 aromatic heterocycles. The van der Waals surface area contributed by atoms with Gasteiger partial charge in [-0.05, 0) is 46.2 Å². The van der Waals surface area contributed by atoms with Crippen molar-refractivity contribution in [3.05, 3.63) is 119 Å². The summed E-state index contributed by atoms with van der Waals surface area (Å²) in [7, 11) is 0. The molecule has 40 heavy (non-hydrogen) atoms. The maximum Gasteiger partial charge on any atom is 0.273 e. The number of primary amides is 1. The molecule has 0 radical (unpaired) electrons. The van der Waals surface area contributed by atoms with E-state index in [0.29, 0.717) is 11.3 Å². The smallest absolute Gasteiger partial charge is 0.273 e. The fourth-order valence-electron chi connectivity index (χ4n) is 4.48. The van der Waals surface area contributed by atoms with Crippen LogP contribution in [0.4, 0.5) is 11.4 Å². The fourth-order valence-corrected chi connectivity index (χ4v) is 5.22. The van der Waals surface area contributed by atoms with Crippen LogP contribution in [0, 0.1) is 0 Å². The Hall–Kier alpha value is -5.22. The zero-order chi connectivity index (χ0) is 28.2. The van der Waals surface area contributed by atoms with Gasteiger partial charge in [0, 0.05) is 11.9 Å². The van der Waals surface area contributed by atoms with Crippen LogP contribution in [0.3, 0.4) is 0 Å². The summed E-state index contributed by atoms with van der Waals surface area (Å²) in [6.45, 7) is 0.223. The van der Waals surface area contributed by atoms with Gasteiger partial charge >= 0.3 is 0 Å². The predicted molar refractivity (Wildman–Crippen MR) is 155 cm³/mol. The monoisotopic (exact) mass is 551 g/mol. The van der Waals surface area contributed by atoms with E-state index in [1.807, 2.05) is 60.7 Å². The number of nitrogens with zero attached hydrogens (tertiary/aromatic N) is 2. The van der Waals surface area contributed by atoms with Crippen LogP contribution < -0.4 is 21.7 Å². The van der Waals surface area contributed by atoms with Crippen LogP contribution in [0.15, 0.2) is 97.1 Å². The average Bonchev–Trinajstić information content (AvgIpc) is 3.37. The van der Waals surface area contributed by atoms with E-state index in [2.05, 4.69) is 9.69 Å². The first kappa shape index (κ1) is 26.4. The number of benzene rings is 4. The number of phenolic OH excluding ortho intramolecular Hbond substituents is 1. The number of nitrogens with one attached hydrogen (secondary N) is 1. The third-order valence-corrected chi connectivity index (χ3v) is 7.28. The van der Waals surface area contributed by atoms with Crippen LogP contribution in [0.5, 0.6) is 5.75 Å². The molecular formula is C30H25N5O4S. The van der Waals surface area contributed by atoms with Gasteiger partial charge in [-0.3, -0.25) is 19.3 Å². The van der Waals surface area contributed by atoms with Crippen molar-refractivity contribution in [1.29, 1.82) is 0 Å². The van der Waals surface area contributed by atoms with Gasteiger partial charge in [-0.25, -0.2) is 0 Å². The molecule has 5 aromatic rings. The molecule has 4 aromatic carbocycles. The first-order valence-electron chi connectivity index (χ1n) is 12.3. The van der Waals surface area contributed by atoms with E-state index in [9.17, 15) is 19.5 Å². The number of hydrogen-bond donors (Lipinski definition) is 4. The fraction of sp³-hybridized carbons (Fsp3) is 0.0667. The molecule has 0 aliphatic heterocycles. The van der Waals surface area contributed by atoms with E-state index >= 15 is 0 Å². The Morgan fingerprint density at radius 2 is 1.57 bits per heavy atom. The van der Waals surface area contributed by atoms with Crippen LogP contribution in [0.1, 0.15) is 37.3 Å². The predicted octanol–water partition coefficient (Wildman–Crippen LogP) is 4.39. The number of rotatable bonds is 8. The van der Waals surface area contributed by atoms with Gasteiger partial charge in [-0.1, -0.05) is 78.9 Å². The summed E-state index contributed by atoms with van der Waals surface area (Å²) in [6.07, 6.45) is 0. The molecule has 10 heteroatoms. The molecule has 9 nitrogen and oxygen atoms in total. The molecule has 0 bridgehead atoms. The average molecular weight is 552 g/mol. The highest BCUT2D eigenvalue weighted by Gasteiger charge is 2.36. The quantitative estimate of drug-likeness (QED) is 0.225. The lowest BCUT2D eigenvalue weighted by molar-refractivity contribution is -0.122. The Kier molecular flexibility index (Phi) is 7.43. The molecule has 1 unspecified atom stereocenters. The first-order chi connectivity index (χ1) is 19.3. The molecule has 0 aliphatic rings. The minimum atomic E-state index is -1.18. The van der Waals surface area contributed by atoms with Crippen molar-refractivity contribution in [1.82, 2.24) is 9.69 Å². The summed E-state index contributed by atoms with van der Waals surface area (Å²) in [5, 5.41) is 14.5. The highest BCUT2D eigenvalue weighted by molar-refractivity contribution is 7.09. The third-order valence-electron chi connectivity index (χ3n) is 6.43. The molecule has 5 rings (SSSR count). The number of fused-ring (bicyclic) bond motifs is 1. The largest absolute Gasteiger partial charge is 0.508 e. The summed E-state index contributed by atoms with van der Waals surface area (Å²) >= 11 is 0.739. The Morgan fingerprint density at radius 3 is 2.27 bits per heavy atom. The minimum absolute atomic E-state index is 0.00744. The van der Waals surface area contributed by atoms with Crippen molar-refractivity contribution < 1.29 is 19.5 Å². The van der Waals surface area contributed by atoms with Gasteiger partial charge in [0.05, 0.1) is 11.4 Å². The standard InChI is InChI=1S/C30H25N5O4S/c31-24-25(28(32)37)34-40-27(24)30(39)35(23-12-6-10-19-9-4-5-11-22(19)23)26(20-13-15-21(36)16-14-20)29(38)33-17-18-7-2-1-3-8-18/h1-16,26,36H,17,31H2,(H2,32,37)(H,33,38). The zero-order valence-corrected chi connectivity index (χ0v) is 22.0. The first-order valence-corrected chi connectivity index (χ1v) is 13.1. The molecule has 0 fully saturated rings. The molecule has 1 heterocycles. The number of anilines is 2. The summed E-state index contributed by atoms with van der Waals surface area (Å²) in [5.74, 6) is -1.95. The zero-order valence-electron chi connectivity index (χ0n) is 21.2. The van der Waals surface area contributed by atoms with E-state index in [-0.39, 0.29) is 28.6 Å². The lowest BCUT2D eigenvalue weighted by Crippen LogP contribution is -2.44. The molecule has 0 saturated carbocycles. The van der Waals surface area contributed by atoms with Crippen molar-refractivity contribution in [2.24, 2.45) is 5.73 Å². The second-order valence-electron chi connectivity index (χ2n) is 9.01. The maximum atomic E-state index is 14.3. The van der Waals surface area contributed by atoms with Crippen LogP contribution >= 0.6 is 11.5 Å². The number of amides is 3. The van der Waals surface area contributed by atoms with Gasteiger partial charge in [0.2, 0.25) is 5.91 Å². The van der Waals surface area contributed by atoms with Gasteiger partial charge < -0.3 is 21.9 Å². The van der Waals surface area contributed by atoms with Crippen molar-refractivity contribution >= 4 is 51.4 Å². The normalized spacial score (nSPS) is 11.6. The molecule has 6 N–H and O–H groups in total. The Morgan fingerprint density at radius 1 is 0.900 bits per heavy atom. The molecule has 200 valence electrons. The molecule has 0 saturated heterocycles. The number of carbonyl (C=O) groups excluding carboxylic acids is 3. The van der Waals surface area contributed by atoms with E-state index in [4.69, 9.17) is 11.5 Å². The lowest BCUT2D eigenvalue weighted by Gasteiger charge is -2.32. The number of nitrogen functional groups attached to an aromatic ring is 1. The van der Waals surface area contributed by atoms with Gasteiger partial charge in [0.15, 0.2) is 5.69 Å². The summed E-state index contributed by atoms with van der Waals surface area (Å²) in [6, 6.07) is 27.2. The highest BCUT2D eigenvalue weighted by Crippen LogP contribution is 2.37. The molecule has 3 amide bonds. The van der Waals surface area contributed by atoms with E-state index in [1.54, 1.807) is 24.3 Å². The summed E-state index contributed by atoms with van der Waals surface area (Å²) < 4.78 is 4.00.